The summed E-state index contributed by atoms with van der Waals surface area (Å²) < 4.78 is 6.67. The Bertz CT molecular complexity index is 2830. The second-order valence-corrected chi connectivity index (χ2v) is 14.5. The van der Waals surface area contributed by atoms with Crippen LogP contribution in [0.1, 0.15) is 22.3 Å². The number of para-hydroxylation sites is 1. The number of rotatable bonds is 5. The van der Waals surface area contributed by atoms with Crippen molar-refractivity contribution in [1.82, 2.24) is 9.97 Å². The summed E-state index contributed by atoms with van der Waals surface area (Å²) in [4.78, 5) is 10.1. The minimum atomic E-state index is -0.491. The molecule has 0 radical (unpaired) electrons. The lowest BCUT2D eigenvalue weighted by Gasteiger charge is -2.39. The van der Waals surface area contributed by atoms with E-state index in [1.807, 2.05) is 36.4 Å². The van der Waals surface area contributed by atoms with Crippen LogP contribution in [0, 0.1) is 0 Å². The number of hydrogen-bond acceptors (Lipinski definition) is 3. The van der Waals surface area contributed by atoms with Gasteiger partial charge in [-0.3, -0.25) is 0 Å². The number of ether oxygens (including phenoxy) is 1. The topological polar surface area (TPSA) is 35.0 Å². The number of aromatic nitrogens is 2. The average molecular weight is 715 g/mol. The van der Waals surface area contributed by atoms with Crippen LogP contribution in [0.2, 0.25) is 0 Å². The van der Waals surface area contributed by atoms with Gasteiger partial charge in [0.1, 0.15) is 11.5 Å². The number of benzene rings is 8. The second kappa shape index (κ2) is 12.9. The fraction of sp³-hybridized carbons (Fsp3) is 0.0189. The molecule has 1 spiro atoms. The first-order chi connectivity index (χ1) is 27.7. The normalized spacial score (nSPS) is 12.9. The third-order valence-corrected chi connectivity index (χ3v) is 11.4. The third-order valence-electron chi connectivity index (χ3n) is 11.4. The lowest BCUT2D eigenvalue weighted by Crippen LogP contribution is -2.32. The molecule has 0 amide bonds. The van der Waals surface area contributed by atoms with E-state index in [1.54, 1.807) is 0 Å². The van der Waals surface area contributed by atoms with Crippen LogP contribution < -0.4 is 4.74 Å². The summed E-state index contributed by atoms with van der Waals surface area (Å²) in [6.45, 7) is 0. The maximum absolute atomic E-state index is 6.67. The minimum Gasteiger partial charge on any atom is -0.457 e. The molecule has 9 aromatic rings. The van der Waals surface area contributed by atoms with Gasteiger partial charge in [-0.15, -0.1) is 0 Å². The molecule has 3 heteroatoms. The molecular formula is C53H34N2O. The van der Waals surface area contributed by atoms with E-state index in [4.69, 9.17) is 14.7 Å². The van der Waals surface area contributed by atoms with Crippen molar-refractivity contribution >= 4 is 0 Å². The van der Waals surface area contributed by atoms with Crippen LogP contribution in [0.3, 0.4) is 0 Å². The van der Waals surface area contributed by atoms with Gasteiger partial charge in [0.2, 0.25) is 0 Å². The van der Waals surface area contributed by atoms with Gasteiger partial charge < -0.3 is 4.74 Å². The maximum Gasteiger partial charge on any atom is 0.160 e. The van der Waals surface area contributed by atoms with E-state index in [2.05, 4.69) is 170 Å². The molecule has 0 N–H and O–H groups in total. The van der Waals surface area contributed by atoms with E-state index in [9.17, 15) is 0 Å². The first-order valence-corrected chi connectivity index (χ1v) is 19.1. The van der Waals surface area contributed by atoms with Crippen molar-refractivity contribution in [2.75, 3.05) is 0 Å². The van der Waals surface area contributed by atoms with Crippen molar-refractivity contribution in [2.24, 2.45) is 0 Å². The van der Waals surface area contributed by atoms with Gasteiger partial charge in [-0.05, 0) is 74.8 Å². The Hall–Kier alpha value is -7.36. The first kappa shape index (κ1) is 32.1. The molecule has 3 nitrogen and oxygen atoms in total. The molecule has 262 valence electrons. The van der Waals surface area contributed by atoms with Crippen LogP contribution >= 0.6 is 0 Å². The predicted octanol–water partition coefficient (Wildman–Crippen LogP) is 13.3. The van der Waals surface area contributed by atoms with Crippen molar-refractivity contribution in [1.29, 1.82) is 0 Å². The highest BCUT2D eigenvalue weighted by Crippen LogP contribution is 2.62. The van der Waals surface area contributed by atoms with Gasteiger partial charge in [-0.25, -0.2) is 9.97 Å². The zero-order valence-electron chi connectivity index (χ0n) is 30.4. The monoisotopic (exact) mass is 714 g/mol. The highest BCUT2D eigenvalue weighted by atomic mass is 16.5. The van der Waals surface area contributed by atoms with Crippen molar-refractivity contribution < 1.29 is 4.74 Å². The van der Waals surface area contributed by atoms with Gasteiger partial charge in [-0.2, -0.15) is 0 Å². The summed E-state index contributed by atoms with van der Waals surface area (Å²) in [6.07, 6.45) is 0. The Labute approximate surface area is 326 Å². The molecule has 2 heterocycles. The zero-order valence-corrected chi connectivity index (χ0v) is 30.4. The summed E-state index contributed by atoms with van der Waals surface area (Å²) >= 11 is 0. The summed E-state index contributed by atoms with van der Waals surface area (Å²) in [5.41, 5.74) is 16.4. The molecular weight excluding hydrogens is 681 g/mol. The van der Waals surface area contributed by atoms with Crippen LogP contribution in [-0.4, -0.2) is 9.97 Å². The summed E-state index contributed by atoms with van der Waals surface area (Å²) in [5, 5.41) is 0. The van der Waals surface area contributed by atoms with E-state index >= 15 is 0 Å². The molecule has 0 bridgehead atoms. The Morgan fingerprint density at radius 1 is 0.304 bits per heavy atom. The molecule has 0 unspecified atom stereocenters. The van der Waals surface area contributed by atoms with Gasteiger partial charge in [-0.1, -0.05) is 176 Å². The molecule has 0 fully saturated rings. The highest BCUT2D eigenvalue weighted by molar-refractivity contribution is 5.89. The third kappa shape index (κ3) is 5.05. The summed E-state index contributed by atoms with van der Waals surface area (Å²) in [6, 6.07) is 73.1. The van der Waals surface area contributed by atoms with Crippen LogP contribution in [0.25, 0.3) is 67.3 Å². The Morgan fingerprint density at radius 2 is 0.786 bits per heavy atom. The lowest BCUT2D eigenvalue weighted by atomic mass is 9.66. The van der Waals surface area contributed by atoms with E-state index in [1.165, 1.54) is 27.8 Å². The van der Waals surface area contributed by atoms with Crippen molar-refractivity contribution in [3.05, 3.63) is 229 Å². The Balaban J connectivity index is 0.984. The molecule has 0 atom stereocenters. The van der Waals surface area contributed by atoms with E-state index < -0.39 is 5.41 Å². The Morgan fingerprint density at radius 3 is 1.46 bits per heavy atom. The standard InChI is InChI=1S/C53H34N2O/c1-3-14-37(15-4-1)48-34-49(55-52(54-48)38-16-5-2-6-17-38)41-19-13-18-39(32-41)35-26-28-36(29-27-35)40-30-31-51-47(33-40)53(46-24-11-12-25-50(46)56-51)44-22-9-7-20-42(44)43-21-8-10-23-45(43)53/h1-34H. The van der Waals surface area contributed by atoms with E-state index in [0.29, 0.717) is 5.82 Å². The predicted molar refractivity (Wildman–Crippen MR) is 227 cm³/mol. The molecule has 1 aromatic heterocycles. The van der Waals surface area contributed by atoms with Crippen molar-refractivity contribution in [3.63, 3.8) is 0 Å². The molecule has 2 aliphatic rings. The molecule has 8 aromatic carbocycles. The molecule has 1 aliphatic heterocycles. The zero-order chi connectivity index (χ0) is 37.1. The molecule has 56 heavy (non-hydrogen) atoms. The fourth-order valence-corrected chi connectivity index (χ4v) is 8.82. The van der Waals surface area contributed by atoms with Crippen LogP contribution in [0.4, 0.5) is 0 Å². The minimum absolute atomic E-state index is 0.491. The van der Waals surface area contributed by atoms with Gasteiger partial charge >= 0.3 is 0 Å². The quantitative estimate of drug-likeness (QED) is 0.178. The lowest BCUT2D eigenvalue weighted by molar-refractivity contribution is 0.436. The smallest absolute Gasteiger partial charge is 0.160 e. The van der Waals surface area contributed by atoms with Crippen LogP contribution in [0.15, 0.2) is 206 Å². The van der Waals surface area contributed by atoms with Crippen LogP contribution in [0.5, 0.6) is 11.5 Å². The van der Waals surface area contributed by atoms with Gasteiger partial charge in [0.15, 0.2) is 5.82 Å². The molecule has 0 saturated carbocycles. The SMILES string of the molecule is c1ccc(-c2cc(-c3cccc(-c4ccc(-c5ccc6c(c5)C5(c7ccccc7O6)c6ccccc6-c6ccccc65)cc4)c3)nc(-c3ccccc3)n2)cc1. The number of fused-ring (bicyclic) bond motifs is 9. The fourth-order valence-electron chi connectivity index (χ4n) is 8.82. The Kier molecular flexibility index (Phi) is 7.39. The number of nitrogens with zero attached hydrogens (tertiary/aromatic N) is 2. The number of hydrogen-bond donors (Lipinski definition) is 0. The first-order valence-electron chi connectivity index (χ1n) is 19.1. The van der Waals surface area contributed by atoms with E-state index in [-0.39, 0.29) is 0 Å². The van der Waals surface area contributed by atoms with E-state index in [0.717, 1.165) is 67.4 Å². The van der Waals surface area contributed by atoms with Gasteiger partial charge in [0.05, 0.1) is 16.8 Å². The largest absolute Gasteiger partial charge is 0.457 e. The average Bonchev–Trinajstić information content (AvgIpc) is 3.57. The second-order valence-electron chi connectivity index (χ2n) is 14.5. The van der Waals surface area contributed by atoms with Crippen molar-refractivity contribution in [3.8, 4) is 78.8 Å². The summed E-state index contributed by atoms with van der Waals surface area (Å²) in [7, 11) is 0. The molecule has 11 rings (SSSR count). The highest BCUT2D eigenvalue weighted by Gasteiger charge is 2.51. The van der Waals surface area contributed by atoms with Gasteiger partial charge in [0, 0.05) is 27.8 Å². The maximum atomic E-state index is 6.67. The summed E-state index contributed by atoms with van der Waals surface area (Å²) in [5.74, 6) is 2.50. The molecule has 0 saturated heterocycles. The van der Waals surface area contributed by atoms with Crippen molar-refractivity contribution in [2.45, 2.75) is 5.41 Å². The van der Waals surface area contributed by atoms with Crippen LogP contribution in [-0.2, 0) is 5.41 Å². The van der Waals surface area contributed by atoms with Gasteiger partial charge in [0.25, 0.3) is 0 Å². The molecule has 1 aliphatic carbocycles.